The van der Waals surface area contributed by atoms with E-state index in [9.17, 15) is 0 Å². The van der Waals surface area contributed by atoms with Crippen LogP contribution in [-0.2, 0) is 12.6 Å². The summed E-state index contributed by atoms with van der Waals surface area (Å²) < 4.78 is 7.68. The van der Waals surface area contributed by atoms with Crippen LogP contribution in [0.4, 0.5) is 0 Å². The summed E-state index contributed by atoms with van der Waals surface area (Å²) in [5.41, 5.74) is 8.89. The summed E-state index contributed by atoms with van der Waals surface area (Å²) in [5, 5.41) is 1.16. The second kappa shape index (κ2) is 4.57. The molecule has 0 radical (unpaired) electrons. The number of aromatic nitrogens is 1. The van der Waals surface area contributed by atoms with E-state index in [0.717, 1.165) is 24.0 Å². The summed E-state index contributed by atoms with van der Waals surface area (Å²) in [4.78, 5) is 0. The number of fused-ring (bicyclic) bond motifs is 1. The van der Waals surface area contributed by atoms with Crippen LogP contribution in [0.2, 0.25) is 0 Å². The van der Waals surface area contributed by atoms with Gasteiger partial charge in [0.05, 0.1) is 12.6 Å². The minimum absolute atomic E-state index is 0.177. The van der Waals surface area contributed by atoms with E-state index < -0.39 is 0 Å². The number of nitrogens with zero attached hydrogens (tertiary/aromatic N) is 1. The Hall–Kier alpha value is -1.48. The number of rotatable bonds is 2. The van der Waals surface area contributed by atoms with Gasteiger partial charge in [0.2, 0.25) is 0 Å². The zero-order valence-electron chi connectivity index (χ0n) is 11.8. The Morgan fingerprint density at radius 2 is 1.95 bits per heavy atom. The van der Waals surface area contributed by atoms with E-state index in [2.05, 4.69) is 36.0 Å². The molecule has 3 heteroatoms. The van der Waals surface area contributed by atoms with Crippen molar-refractivity contribution in [2.45, 2.75) is 37.6 Å². The van der Waals surface area contributed by atoms with Gasteiger partial charge in [-0.25, -0.2) is 0 Å². The maximum atomic E-state index is 6.65. The second-order valence-electron chi connectivity index (χ2n) is 5.75. The molecule has 1 aliphatic carbocycles. The van der Waals surface area contributed by atoms with E-state index in [1.807, 2.05) is 0 Å². The molecule has 0 atom stereocenters. The van der Waals surface area contributed by atoms with Crippen molar-refractivity contribution in [3.05, 3.63) is 30.0 Å². The van der Waals surface area contributed by atoms with Crippen LogP contribution in [0.15, 0.2) is 24.4 Å². The van der Waals surface area contributed by atoms with Crippen LogP contribution in [0.5, 0.6) is 5.75 Å². The van der Waals surface area contributed by atoms with E-state index in [0.29, 0.717) is 0 Å². The number of aryl methyl sites for hydroxylation is 1. The van der Waals surface area contributed by atoms with Gasteiger partial charge in [-0.15, -0.1) is 0 Å². The average Bonchev–Trinajstić information content (AvgIpc) is 2.80. The Labute approximate surface area is 114 Å². The lowest BCUT2D eigenvalue weighted by atomic mass is 9.77. The molecule has 0 unspecified atom stereocenters. The van der Waals surface area contributed by atoms with Gasteiger partial charge in [-0.2, -0.15) is 0 Å². The highest BCUT2D eigenvalue weighted by Gasteiger charge is 2.30. The van der Waals surface area contributed by atoms with Gasteiger partial charge in [0, 0.05) is 24.2 Å². The van der Waals surface area contributed by atoms with Gasteiger partial charge in [-0.3, -0.25) is 0 Å². The fraction of sp³-hybridized carbons (Fsp3) is 0.500. The zero-order valence-corrected chi connectivity index (χ0v) is 11.8. The number of hydrogen-bond donors (Lipinski definition) is 1. The molecule has 0 aliphatic heterocycles. The van der Waals surface area contributed by atoms with Gasteiger partial charge in [0.15, 0.2) is 0 Å². The highest BCUT2D eigenvalue weighted by molar-refractivity contribution is 5.87. The first kappa shape index (κ1) is 12.5. The van der Waals surface area contributed by atoms with Crippen molar-refractivity contribution < 1.29 is 4.74 Å². The van der Waals surface area contributed by atoms with Crippen LogP contribution in [-0.4, -0.2) is 11.7 Å². The van der Waals surface area contributed by atoms with Crippen LogP contribution >= 0.6 is 0 Å². The molecule has 2 aromatic rings. The third kappa shape index (κ3) is 2.02. The number of nitrogens with two attached hydrogens (primary N) is 1. The lowest BCUT2D eigenvalue weighted by Crippen LogP contribution is -2.38. The third-order valence-electron chi connectivity index (χ3n) is 4.51. The second-order valence-corrected chi connectivity index (χ2v) is 5.75. The van der Waals surface area contributed by atoms with Crippen LogP contribution in [0.25, 0.3) is 10.9 Å². The maximum absolute atomic E-state index is 6.65. The van der Waals surface area contributed by atoms with Gasteiger partial charge >= 0.3 is 0 Å². The van der Waals surface area contributed by atoms with Crippen molar-refractivity contribution in [2.24, 2.45) is 12.8 Å². The maximum Gasteiger partial charge on any atom is 0.128 e. The molecule has 1 aliphatic rings. The molecule has 2 N–H and O–H groups in total. The topological polar surface area (TPSA) is 40.2 Å². The van der Waals surface area contributed by atoms with Crippen LogP contribution in [0.1, 0.15) is 37.7 Å². The monoisotopic (exact) mass is 258 g/mol. The van der Waals surface area contributed by atoms with E-state index in [1.165, 1.54) is 30.3 Å². The van der Waals surface area contributed by atoms with Crippen LogP contribution < -0.4 is 10.5 Å². The van der Waals surface area contributed by atoms with Crippen molar-refractivity contribution in [3.63, 3.8) is 0 Å². The van der Waals surface area contributed by atoms with Gasteiger partial charge in [-0.1, -0.05) is 19.3 Å². The molecule has 0 amide bonds. The van der Waals surface area contributed by atoms with E-state index in [1.54, 1.807) is 7.11 Å². The number of benzene rings is 1. The Morgan fingerprint density at radius 1 is 1.21 bits per heavy atom. The largest absolute Gasteiger partial charge is 0.496 e. The van der Waals surface area contributed by atoms with E-state index in [4.69, 9.17) is 10.5 Å². The lowest BCUT2D eigenvalue weighted by Gasteiger charge is -2.34. The van der Waals surface area contributed by atoms with Crippen LogP contribution in [0.3, 0.4) is 0 Å². The molecule has 1 aromatic heterocycles. The smallest absolute Gasteiger partial charge is 0.128 e. The summed E-state index contributed by atoms with van der Waals surface area (Å²) in [5.74, 6) is 0.934. The molecule has 1 saturated carbocycles. The number of ether oxygens (including phenoxy) is 1. The Bertz CT molecular complexity index is 594. The first-order valence-corrected chi connectivity index (χ1v) is 7.06. The van der Waals surface area contributed by atoms with Gasteiger partial charge in [-0.05, 0) is 36.6 Å². The van der Waals surface area contributed by atoms with Crippen molar-refractivity contribution in [2.75, 3.05) is 7.11 Å². The van der Waals surface area contributed by atoms with Crippen molar-refractivity contribution in [1.82, 2.24) is 4.57 Å². The number of hydrogen-bond acceptors (Lipinski definition) is 2. The molecule has 1 heterocycles. The molecule has 102 valence electrons. The summed E-state index contributed by atoms with van der Waals surface area (Å²) in [6, 6.07) is 6.47. The Kier molecular flexibility index (Phi) is 3.02. The molecule has 0 bridgehead atoms. The molecular weight excluding hydrogens is 236 g/mol. The first-order valence-electron chi connectivity index (χ1n) is 7.06. The minimum Gasteiger partial charge on any atom is -0.496 e. The predicted octanol–water partition coefficient (Wildman–Crippen LogP) is 3.31. The molecule has 19 heavy (non-hydrogen) atoms. The zero-order chi connectivity index (χ0) is 13.5. The van der Waals surface area contributed by atoms with Crippen molar-refractivity contribution in [1.29, 1.82) is 0 Å². The van der Waals surface area contributed by atoms with E-state index >= 15 is 0 Å². The van der Waals surface area contributed by atoms with Crippen LogP contribution in [0, 0.1) is 0 Å². The third-order valence-corrected chi connectivity index (χ3v) is 4.51. The van der Waals surface area contributed by atoms with E-state index in [-0.39, 0.29) is 5.54 Å². The normalized spacial score (nSPS) is 18.7. The fourth-order valence-electron chi connectivity index (χ4n) is 3.27. The SMILES string of the molecule is COc1cc(C2(N)CCCCC2)cc2c1ccn2C. The molecule has 0 saturated heterocycles. The highest BCUT2D eigenvalue weighted by atomic mass is 16.5. The van der Waals surface area contributed by atoms with Crippen molar-refractivity contribution in [3.8, 4) is 5.75 Å². The average molecular weight is 258 g/mol. The minimum atomic E-state index is -0.177. The predicted molar refractivity (Wildman–Crippen MR) is 78.4 cm³/mol. The molecule has 1 aromatic carbocycles. The molecule has 3 nitrogen and oxygen atoms in total. The molecule has 1 fully saturated rings. The molecule has 3 rings (SSSR count). The Balaban J connectivity index is 2.15. The standard InChI is InChI=1S/C16H22N2O/c1-18-9-6-13-14(18)10-12(11-15(13)19-2)16(17)7-4-3-5-8-16/h6,9-11H,3-5,7-8,17H2,1-2H3. The van der Waals surface area contributed by atoms with Crippen molar-refractivity contribution >= 4 is 10.9 Å². The molecule has 0 spiro atoms. The lowest BCUT2D eigenvalue weighted by molar-refractivity contribution is 0.301. The van der Waals surface area contributed by atoms with Gasteiger partial charge in [0.1, 0.15) is 5.75 Å². The summed E-state index contributed by atoms with van der Waals surface area (Å²) in [6.45, 7) is 0. The van der Waals surface area contributed by atoms with Gasteiger partial charge < -0.3 is 15.0 Å². The molecular formula is C16H22N2O. The first-order chi connectivity index (χ1) is 9.14. The fourth-order valence-corrected chi connectivity index (χ4v) is 3.27. The summed E-state index contributed by atoms with van der Waals surface area (Å²) >= 11 is 0. The van der Waals surface area contributed by atoms with Gasteiger partial charge in [0.25, 0.3) is 0 Å². The Morgan fingerprint density at radius 3 is 2.63 bits per heavy atom. The highest BCUT2D eigenvalue weighted by Crippen LogP contribution is 2.38. The number of methoxy groups -OCH3 is 1. The summed E-state index contributed by atoms with van der Waals surface area (Å²) in [6.07, 6.45) is 7.98. The summed E-state index contributed by atoms with van der Waals surface area (Å²) in [7, 11) is 3.80. The quantitative estimate of drug-likeness (QED) is 0.897.